The molecule has 0 saturated carbocycles. The van der Waals surface area contributed by atoms with E-state index in [9.17, 15) is 13.2 Å². The summed E-state index contributed by atoms with van der Waals surface area (Å²) in [5, 5.41) is 0. The van der Waals surface area contributed by atoms with Gasteiger partial charge in [0.05, 0.1) is 5.56 Å². The number of alkyl halides is 3. The first-order chi connectivity index (χ1) is 9.38. The van der Waals surface area contributed by atoms with Gasteiger partial charge in [0.1, 0.15) is 0 Å². The maximum Gasteiger partial charge on any atom is 0.416 e. The average molecular weight is 279 g/mol. The smallest absolute Gasteiger partial charge is 0.328 e. The molecule has 0 aliphatic heterocycles. The van der Waals surface area contributed by atoms with Gasteiger partial charge in [-0.15, -0.1) is 0 Å². The molecule has 0 aromatic heterocycles. The van der Waals surface area contributed by atoms with Gasteiger partial charge in [0.15, 0.2) is 0 Å². The Morgan fingerprint density at radius 1 is 1.05 bits per heavy atom. The van der Waals surface area contributed by atoms with E-state index in [1.54, 1.807) is 6.07 Å². The van der Waals surface area contributed by atoms with Crippen LogP contribution in [-0.2, 0) is 12.6 Å². The van der Waals surface area contributed by atoms with E-state index in [2.05, 4.69) is 0 Å². The minimum absolute atomic E-state index is 0.0399. The molecule has 0 amide bonds. The van der Waals surface area contributed by atoms with Crippen LogP contribution >= 0.6 is 0 Å². The highest BCUT2D eigenvalue weighted by Gasteiger charge is 2.30. The lowest BCUT2D eigenvalue weighted by Gasteiger charge is -2.13. The highest BCUT2D eigenvalue weighted by molar-refractivity contribution is 5.68. The summed E-state index contributed by atoms with van der Waals surface area (Å²) < 4.78 is 38.3. The summed E-state index contributed by atoms with van der Waals surface area (Å²) in [6.45, 7) is 1.88. The van der Waals surface area contributed by atoms with Crippen molar-refractivity contribution in [3.8, 4) is 11.1 Å². The van der Waals surface area contributed by atoms with Crippen molar-refractivity contribution in [3.63, 3.8) is 0 Å². The van der Waals surface area contributed by atoms with Crippen molar-refractivity contribution in [1.82, 2.24) is 0 Å². The summed E-state index contributed by atoms with van der Waals surface area (Å²) in [6.07, 6.45) is -3.70. The quantitative estimate of drug-likeness (QED) is 0.892. The van der Waals surface area contributed by atoms with E-state index < -0.39 is 11.7 Å². The summed E-state index contributed by atoms with van der Waals surface area (Å²) in [5.74, 6) is 0. The second kappa shape index (κ2) is 5.67. The molecule has 2 aromatic rings. The van der Waals surface area contributed by atoms with E-state index in [0.29, 0.717) is 12.0 Å². The molecule has 0 aliphatic carbocycles. The maximum atomic E-state index is 12.8. The highest BCUT2D eigenvalue weighted by Crippen LogP contribution is 2.33. The summed E-state index contributed by atoms with van der Waals surface area (Å²) in [7, 11) is 0. The Labute approximate surface area is 116 Å². The second-order valence-corrected chi connectivity index (χ2v) is 4.92. The number of nitrogens with two attached hydrogens (primary N) is 1. The Morgan fingerprint density at radius 2 is 1.75 bits per heavy atom. The molecule has 0 fully saturated rings. The van der Waals surface area contributed by atoms with Crippen LogP contribution in [0.5, 0.6) is 0 Å². The van der Waals surface area contributed by atoms with Crippen LogP contribution in [-0.4, -0.2) is 6.04 Å². The molecule has 4 heteroatoms. The molecule has 1 atom stereocenters. The third-order valence-corrected chi connectivity index (χ3v) is 3.06. The Morgan fingerprint density at radius 3 is 2.40 bits per heavy atom. The van der Waals surface area contributed by atoms with Crippen LogP contribution in [0.4, 0.5) is 13.2 Å². The fraction of sp³-hybridized carbons (Fsp3) is 0.250. The molecule has 2 rings (SSSR count). The molecule has 0 bridgehead atoms. The number of halogens is 3. The molecule has 2 aromatic carbocycles. The lowest BCUT2D eigenvalue weighted by Crippen LogP contribution is -2.18. The molecule has 0 radical (unpaired) electrons. The summed E-state index contributed by atoms with van der Waals surface area (Å²) in [6, 6.07) is 12.8. The molecule has 0 aliphatic rings. The largest absolute Gasteiger partial charge is 0.416 e. The average Bonchev–Trinajstić information content (AvgIpc) is 2.38. The molecule has 2 N–H and O–H groups in total. The number of hydrogen-bond acceptors (Lipinski definition) is 1. The van der Waals surface area contributed by atoms with E-state index in [4.69, 9.17) is 5.73 Å². The lowest BCUT2D eigenvalue weighted by molar-refractivity contribution is -0.137. The topological polar surface area (TPSA) is 26.0 Å². The Bertz CT molecular complexity index is 588. The van der Waals surface area contributed by atoms with Crippen LogP contribution in [0, 0.1) is 0 Å². The first kappa shape index (κ1) is 14.6. The molecular formula is C16H16F3N. The van der Waals surface area contributed by atoms with Gasteiger partial charge in [0.25, 0.3) is 0 Å². The highest BCUT2D eigenvalue weighted by atomic mass is 19.4. The molecule has 0 saturated heterocycles. The van der Waals surface area contributed by atoms with Crippen molar-refractivity contribution < 1.29 is 13.2 Å². The number of rotatable bonds is 3. The number of benzene rings is 2. The molecule has 0 spiro atoms. The van der Waals surface area contributed by atoms with Gasteiger partial charge in [-0.1, -0.05) is 36.4 Å². The molecule has 106 valence electrons. The fourth-order valence-corrected chi connectivity index (χ4v) is 2.19. The van der Waals surface area contributed by atoms with Crippen molar-refractivity contribution in [2.75, 3.05) is 0 Å². The maximum absolute atomic E-state index is 12.8. The van der Waals surface area contributed by atoms with Crippen molar-refractivity contribution in [1.29, 1.82) is 0 Å². The normalized spacial score (nSPS) is 13.2. The van der Waals surface area contributed by atoms with E-state index >= 15 is 0 Å². The van der Waals surface area contributed by atoms with Gasteiger partial charge >= 0.3 is 6.18 Å². The van der Waals surface area contributed by atoms with Crippen LogP contribution in [0.2, 0.25) is 0 Å². The zero-order chi connectivity index (χ0) is 14.8. The van der Waals surface area contributed by atoms with Crippen LogP contribution in [0.15, 0.2) is 48.5 Å². The Balaban J connectivity index is 2.47. The minimum Gasteiger partial charge on any atom is -0.328 e. The fourth-order valence-electron chi connectivity index (χ4n) is 2.19. The first-order valence-corrected chi connectivity index (χ1v) is 6.39. The molecule has 0 heterocycles. The lowest BCUT2D eigenvalue weighted by atomic mass is 9.94. The van der Waals surface area contributed by atoms with Crippen LogP contribution in [0.25, 0.3) is 11.1 Å². The van der Waals surface area contributed by atoms with Crippen molar-refractivity contribution in [2.24, 2.45) is 5.73 Å². The third-order valence-electron chi connectivity index (χ3n) is 3.06. The Hall–Kier alpha value is -1.81. The monoisotopic (exact) mass is 279 g/mol. The predicted molar refractivity (Wildman–Crippen MR) is 74.2 cm³/mol. The predicted octanol–water partition coefficient (Wildman–Crippen LogP) is 4.26. The van der Waals surface area contributed by atoms with Gasteiger partial charge in [-0.3, -0.25) is 0 Å². The van der Waals surface area contributed by atoms with Crippen molar-refractivity contribution in [2.45, 2.75) is 25.6 Å². The standard InChI is InChI=1S/C16H16F3N/c1-11(20)9-12-5-2-3-8-15(12)13-6-4-7-14(10-13)16(17,18)19/h2-8,10-11H,9,20H2,1H3. The van der Waals surface area contributed by atoms with Crippen molar-refractivity contribution in [3.05, 3.63) is 59.7 Å². The van der Waals surface area contributed by atoms with Gasteiger partial charge in [-0.05, 0) is 42.2 Å². The van der Waals surface area contributed by atoms with Crippen LogP contribution in [0.1, 0.15) is 18.1 Å². The third kappa shape index (κ3) is 3.39. The SMILES string of the molecule is CC(N)Cc1ccccc1-c1cccc(C(F)(F)F)c1. The summed E-state index contributed by atoms with van der Waals surface area (Å²) in [4.78, 5) is 0. The minimum atomic E-state index is -4.33. The van der Waals surface area contributed by atoms with E-state index in [0.717, 1.165) is 17.2 Å². The zero-order valence-electron chi connectivity index (χ0n) is 11.1. The van der Waals surface area contributed by atoms with Gasteiger partial charge in [-0.25, -0.2) is 0 Å². The van der Waals surface area contributed by atoms with Gasteiger partial charge < -0.3 is 5.73 Å². The van der Waals surface area contributed by atoms with E-state index in [1.807, 2.05) is 31.2 Å². The van der Waals surface area contributed by atoms with Gasteiger partial charge in [0.2, 0.25) is 0 Å². The van der Waals surface area contributed by atoms with E-state index in [1.165, 1.54) is 12.1 Å². The van der Waals surface area contributed by atoms with E-state index in [-0.39, 0.29) is 6.04 Å². The molecule has 1 nitrogen and oxygen atoms in total. The van der Waals surface area contributed by atoms with Crippen molar-refractivity contribution >= 4 is 0 Å². The second-order valence-electron chi connectivity index (χ2n) is 4.92. The van der Waals surface area contributed by atoms with Crippen LogP contribution in [0.3, 0.4) is 0 Å². The van der Waals surface area contributed by atoms with Crippen LogP contribution < -0.4 is 5.73 Å². The summed E-state index contributed by atoms with van der Waals surface area (Å²) >= 11 is 0. The van der Waals surface area contributed by atoms with Gasteiger partial charge in [0, 0.05) is 6.04 Å². The molecular weight excluding hydrogens is 263 g/mol. The molecule has 20 heavy (non-hydrogen) atoms. The summed E-state index contributed by atoms with van der Waals surface area (Å²) in [5.41, 5.74) is 7.48. The van der Waals surface area contributed by atoms with Gasteiger partial charge in [-0.2, -0.15) is 13.2 Å². The molecule has 1 unspecified atom stereocenters. The zero-order valence-corrected chi connectivity index (χ0v) is 11.1. The Kier molecular flexibility index (Phi) is 4.14. The first-order valence-electron chi connectivity index (χ1n) is 6.39. The number of hydrogen-bond donors (Lipinski definition) is 1.